The summed E-state index contributed by atoms with van der Waals surface area (Å²) in [4.78, 5) is 23.0. The van der Waals surface area contributed by atoms with Gasteiger partial charge in [-0.1, -0.05) is 83.1 Å². The summed E-state index contributed by atoms with van der Waals surface area (Å²) in [5.41, 5.74) is -1.53. The van der Waals surface area contributed by atoms with Crippen molar-refractivity contribution in [1.29, 1.82) is 0 Å². The molecule has 29 heavy (non-hydrogen) atoms. The SMILES string of the molecule is CC(C)(C)C(=O)/C=C(/O)C(C)(C)C.CC(C)(C)C(=O)/C=C(/O)C(C)(C)C.[Cl][Ti][Cl]. The van der Waals surface area contributed by atoms with Gasteiger partial charge in [0, 0.05) is 33.8 Å². The Morgan fingerprint density at radius 3 is 0.862 bits per heavy atom. The summed E-state index contributed by atoms with van der Waals surface area (Å²) in [5, 5.41) is 19.1. The second-order valence-corrected chi connectivity index (χ2v) is 13.4. The van der Waals surface area contributed by atoms with Crippen LogP contribution in [-0.4, -0.2) is 21.8 Å². The van der Waals surface area contributed by atoms with Gasteiger partial charge >= 0.3 is 35.6 Å². The van der Waals surface area contributed by atoms with Gasteiger partial charge in [0.25, 0.3) is 0 Å². The van der Waals surface area contributed by atoms with Gasteiger partial charge in [0.1, 0.15) is 11.5 Å². The number of aliphatic hydroxyl groups is 2. The first-order valence-corrected chi connectivity index (χ1v) is 13.7. The standard InChI is InChI=1S/2C11H20O2.2ClH.Ti/c2*1-10(2,3)8(12)7-9(13)11(4,5)6;;;/h2*7,12H,1-6H3;2*1H;/q;;;;+2/p-2/b2*8-7+;;;. The fourth-order valence-electron chi connectivity index (χ4n) is 1.11. The monoisotopic (exact) mass is 486 g/mol. The number of rotatable bonds is 2. The Hall–Kier alpha value is -0.286. The van der Waals surface area contributed by atoms with Crippen LogP contribution >= 0.6 is 18.6 Å². The zero-order valence-electron chi connectivity index (χ0n) is 20.1. The van der Waals surface area contributed by atoms with E-state index in [1.54, 1.807) is 0 Å². The quantitative estimate of drug-likeness (QED) is 0.240. The average Bonchev–Trinajstić information content (AvgIpc) is 2.44. The number of allylic oxidation sites excluding steroid dienone is 4. The van der Waals surface area contributed by atoms with E-state index in [1.165, 1.54) is 12.2 Å². The molecule has 0 aliphatic rings. The van der Waals surface area contributed by atoms with Crippen molar-refractivity contribution in [1.82, 2.24) is 0 Å². The number of halogens is 2. The molecule has 0 saturated heterocycles. The van der Waals surface area contributed by atoms with Crippen molar-refractivity contribution < 1.29 is 36.8 Å². The molecule has 170 valence electrons. The van der Waals surface area contributed by atoms with Gasteiger partial charge in [0.05, 0.1) is 0 Å². The van der Waals surface area contributed by atoms with Crippen LogP contribution in [0.1, 0.15) is 83.1 Å². The molecule has 0 aromatic heterocycles. The first-order chi connectivity index (χ1) is 12.5. The van der Waals surface area contributed by atoms with E-state index in [1.807, 2.05) is 83.1 Å². The summed E-state index contributed by atoms with van der Waals surface area (Å²) in [5.74, 6) is 0.208. The van der Waals surface area contributed by atoms with E-state index < -0.39 is 27.9 Å². The second kappa shape index (κ2) is 13.2. The Balaban J connectivity index is -0.000000410. The summed E-state index contributed by atoms with van der Waals surface area (Å²) in [6.07, 6.45) is 2.67. The maximum absolute atomic E-state index is 11.5. The molecule has 0 saturated carbocycles. The van der Waals surface area contributed by atoms with Crippen LogP contribution in [0.25, 0.3) is 0 Å². The predicted molar refractivity (Wildman–Crippen MR) is 121 cm³/mol. The first kappa shape index (κ1) is 33.4. The Labute approximate surface area is 194 Å². The van der Waals surface area contributed by atoms with Crippen molar-refractivity contribution in [3.8, 4) is 0 Å². The van der Waals surface area contributed by atoms with Gasteiger partial charge in [0.15, 0.2) is 11.6 Å². The fraction of sp³-hybridized carbons (Fsp3) is 0.727. The van der Waals surface area contributed by atoms with Crippen LogP contribution in [0.2, 0.25) is 0 Å². The molecule has 0 aromatic rings. The van der Waals surface area contributed by atoms with Gasteiger partial charge in [-0.15, -0.1) is 0 Å². The number of carbonyl (C=O) groups excluding carboxylic acids is 2. The van der Waals surface area contributed by atoms with E-state index in [-0.39, 0.29) is 33.9 Å². The summed E-state index contributed by atoms with van der Waals surface area (Å²) in [6, 6.07) is 0. The van der Waals surface area contributed by atoms with Crippen LogP contribution < -0.4 is 0 Å². The zero-order valence-corrected chi connectivity index (χ0v) is 23.2. The third kappa shape index (κ3) is 18.2. The van der Waals surface area contributed by atoms with Crippen LogP contribution in [-0.2, 0) is 26.6 Å². The van der Waals surface area contributed by atoms with Gasteiger partial charge in [-0.3, -0.25) is 9.59 Å². The molecule has 0 radical (unpaired) electrons. The molecule has 4 nitrogen and oxygen atoms in total. The number of hydrogen-bond acceptors (Lipinski definition) is 4. The minimum atomic E-state index is -0.556. The van der Waals surface area contributed by atoms with E-state index >= 15 is 0 Å². The molecule has 0 aliphatic carbocycles. The topological polar surface area (TPSA) is 74.6 Å². The molecule has 0 fully saturated rings. The van der Waals surface area contributed by atoms with Crippen LogP contribution in [0, 0.1) is 21.7 Å². The normalized spacial score (nSPS) is 13.4. The van der Waals surface area contributed by atoms with Crippen LogP contribution in [0.3, 0.4) is 0 Å². The third-order valence-electron chi connectivity index (χ3n) is 3.55. The van der Waals surface area contributed by atoms with Crippen LogP contribution in [0.15, 0.2) is 23.7 Å². The molecule has 0 aromatic carbocycles. The fourth-order valence-corrected chi connectivity index (χ4v) is 1.11. The molecule has 0 rings (SSSR count). The van der Waals surface area contributed by atoms with Gasteiger partial charge in [-0.05, 0) is 0 Å². The number of ketones is 2. The van der Waals surface area contributed by atoms with E-state index in [2.05, 4.69) is 0 Å². The molecule has 2 N–H and O–H groups in total. The Kier molecular flexibility index (Phi) is 15.2. The van der Waals surface area contributed by atoms with E-state index in [4.69, 9.17) is 18.6 Å². The molecule has 0 atom stereocenters. The average molecular weight is 487 g/mol. The maximum atomic E-state index is 11.5. The van der Waals surface area contributed by atoms with Crippen molar-refractivity contribution in [2.24, 2.45) is 21.7 Å². The first-order valence-electron chi connectivity index (χ1n) is 9.39. The molecule has 0 aliphatic heterocycles. The molecule has 0 bridgehead atoms. The molecule has 0 spiro atoms. The van der Waals surface area contributed by atoms with E-state index in [0.717, 1.165) is 0 Å². The van der Waals surface area contributed by atoms with Gasteiger partial charge in [0.2, 0.25) is 0 Å². The van der Waals surface area contributed by atoms with Crippen molar-refractivity contribution in [2.45, 2.75) is 83.1 Å². The van der Waals surface area contributed by atoms with E-state index in [0.29, 0.717) is 0 Å². The van der Waals surface area contributed by atoms with Crippen molar-refractivity contribution >= 4 is 30.2 Å². The summed E-state index contributed by atoms with van der Waals surface area (Å²) < 4.78 is 0. The number of aliphatic hydroxyl groups excluding tert-OH is 2. The molecule has 0 amide bonds. The van der Waals surface area contributed by atoms with Crippen molar-refractivity contribution in [3.63, 3.8) is 0 Å². The molecule has 0 heterocycles. The van der Waals surface area contributed by atoms with Gasteiger partial charge < -0.3 is 10.2 Å². The van der Waals surface area contributed by atoms with Crippen LogP contribution in [0.4, 0.5) is 0 Å². The Morgan fingerprint density at radius 1 is 0.586 bits per heavy atom. The number of carbonyl (C=O) groups is 2. The summed E-state index contributed by atoms with van der Waals surface area (Å²) >= 11 is -0.556. The van der Waals surface area contributed by atoms with E-state index in [9.17, 15) is 19.8 Å². The van der Waals surface area contributed by atoms with Gasteiger partial charge in [-0.25, -0.2) is 0 Å². The predicted octanol–water partition coefficient (Wildman–Crippen LogP) is 7.56. The van der Waals surface area contributed by atoms with Crippen molar-refractivity contribution in [3.05, 3.63) is 23.7 Å². The third-order valence-corrected chi connectivity index (χ3v) is 3.55. The molecule has 0 unspecified atom stereocenters. The molecule has 7 heteroatoms. The zero-order chi connectivity index (χ0) is 24.4. The Bertz CT molecular complexity index is 530. The Morgan fingerprint density at radius 2 is 0.759 bits per heavy atom. The summed E-state index contributed by atoms with van der Waals surface area (Å²) in [7, 11) is 9.78. The molecular formula is C22H40Cl2O4Ti. The van der Waals surface area contributed by atoms with Crippen LogP contribution in [0.5, 0.6) is 0 Å². The van der Waals surface area contributed by atoms with Gasteiger partial charge in [-0.2, -0.15) is 0 Å². The summed E-state index contributed by atoms with van der Waals surface area (Å²) in [6.45, 7) is 22.2. The second-order valence-electron chi connectivity index (χ2n) is 10.9. The van der Waals surface area contributed by atoms with Crippen molar-refractivity contribution in [2.75, 3.05) is 0 Å². The number of hydrogen-bond donors (Lipinski definition) is 2. The minimum absolute atomic E-state index is 0.0417. The molecular weight excluding hydrogens is 447 g/mol.